The molecule has 194 valence electrons. The van der Waals surface area contributed by atoms with E-state index < -0.39 is 23.9 Å². The molecule has 1 atom stereocenters. The zero-order valence-electron chi connectivity index (χ0n) is 21.1. The van der Waals surface area contributed by atoms with E-state index in [0.29, 0.717) is 27.8 Å². The normalized spacial score (nSPS) is 11.8. The summed E-state index contributed by atoms with van der Waals surface area (Å²) >= 11 is 0. The van der Waals surface area contributed by atoms with Crippen LogP contribution < -0.4 is 5.73 Å². The lowest BCUT2D eigenvalue weighted by molar-refractivity contribution is -0.151. The molecule has 0 heterocycles. The number of carbonyl (C=O) groups excluding carboxylic acids is 1. The van der Waals surface area contributed by atoms with Gasteiger partial charge >= 0.3 is 17.9 Å². The molecular formula is C30H33NO6. The highest BCUT2D eigenvalue weighted by molar-refractivity contribution is 6.02. The Bertz CT molecular complexity index is 1260. The third-order valence-electron chi connectivity index (χ3n) is 6.24. The molecule has 0 aliphatic rings. The van der Waals surface area contributed by atoms with E-state index in [-0.39, 0.29) is 23.7 Å². The summed E-state index contributed by atoms with van der Waals surface area (Å²) in [4.78, 5) is 36.7. The standard InChI is InChI=1S/C30H33NO6/c1-3-9-20(10-4-2)37-30(36)27(31)18-19-15-16-23(21-11-5-7-13-24(21)28(32)33)26(17-19)22-12-6-8-14-25(22)29(34)35/h5-8,11-17,20,27H,3-4,9-10,18,31H2,1-2H3,(H,32,33)(H,34,35)/t27-/m0/s1. The predicted molar refractivity (Wildman–Crippen MR) is 143 cm³/mol. The largest absolute Gasteiger partial charge is 0.478 e. The van der Waals surface area contributed by atoms with Gasteiger partial charge in [0.2, 0.25) is 0 Å². The van der Waals surface area contributed by atoms with Gasteiger partial charge in [-0.2, -0.15) is 0 Å². The zero-order valence-corrected chi connectivity index (χ0v) is 21.1. The highest BCUT2D eigenvalue weighted by atomic mass is 16.5. The van der Waals surface area contributed by atoms with Crippen LogP contribution in [0.5, 0.6) is 0 Å². The van der Waals surface area contributed by atoms with E-state index in [2.05, 4.69) is 0 Å². The van der Waals surface area contributed by atoms with Gasteiger partial charge in [0, 0.05) is 0 Å². The van der Waals surface area contributed by atoms with Gasteiger partial charge in [-0.15, -0.1) is 0 Å². The number of aromatic carboxylic acids is 2. The number of carboxylic acids is 2. The predicted octanol–water partition coefficient (Wildman–Crippen LogP) is 5.80. The number of hydrogen-bond donors (Lipinski definition) is 3. The van der Waals surface area contributed by atoms with E-state index >= 15 is 0 Å². The maximum atomic E-state index is 12.7. The number of nitrogens with two attached hydrogens (primary N) is 1. The molecule has 0 fully saturated rings. The average Bonchev–Trinajstić information content (AvgIpc) is 2.88. The molecule has 0 aromatic heterocycles. The zero-order chi connectivity index (χ0) is 26.9. The topological polar surface area (TPSA) is 127 Å². The van der Waals surface area contributed by atoms with E-state index in [1.54, 1.807) is 54.6 Å². The van der Waals surface area contributed by atoms with Gasteiger partial charge in [-0.3, -0.25) is 4.79 Å². The van der Waals surface area contributed by atoms with Crippen molar-refractivity contribution in [2.45, 2.75) is 58.1 Å². The summed E-state index contributed by atoms with van der Waals surface area (Å²) in [6.07, 6.45) is 3.38. The Hall–Kier alpha value is -3.97. The molecule has 7 heteroatoms. The third-order valence-corrected chi connectivity index (χ3v) is 6.24. The molecule has 0 amide bonds. The van der Waals surface area contributed by atoms with Gasteiger partial charge in [0.15, 0.2) is 0 Å². The number of benzene rings is 3. The third kappa shape index (κ3) is 6.83. The molecule has 4 N–H and O–H groups in total. The molecule has 3 rings (SSSR count). The minimum absolute atomic E-state index is 0.0828. The summed E-state index contributed by atoms with van der Waals surface area (Å²) < 4.78 is 5.66. The molecule has 3 aromatic carbocycles. The SMILES string of the molecule is CCCC(CCC)OC(=O)[C@@H](N)Cc1ccc(-c2ccccc2C(=O)O)c(-c2ccccc2C(=O)O)c1. The second kappa shape index (κ2) is 12.8. The van der Waals surface area contributed by atoms with E-state index in [1.807, 2.05) is 13.8 Å². The van der Waals surface area contributed by atoms with Crippen LogP contribution >= 0.6 is 0 Å². The molecule has 0 radical (unpaired) electrons. The Labute approximate surface area is 216 Å². The van der Waals surface area contributed by atoms with Crippen molar-refractivity contribution in [1.82, 2.24) is 0 Å². The molecule has 0 spiro atoms. The smallest absolute Gasteiger partial charge is 0.336 e. The fraction of sp³-hybridized carbons (Fsp3) is 0.300. The minimum Gasteiger partial charge on any atom is -0.478 e. The maximum Gasteiger partial charge on any atom is 0.336 e. The minimum atomic E-state index is -1.10. The van der Waals surface area contributed by atoms with Crippen molar-refractivity contribution < 1.29 is 29.3 Å². The number of esters is 1. The first-order chi connectivity index (χ1) is 17.8. The van der Waals surface area contributed by atoms with Gasteiger partial charge in [0.25, 0.3) is 0 Å². The van der Waals surface area contributed by atoms with Gasteiger partial charge in [-0.05, 0) is 59.2 Å². The lowest BCUT2D eigenvalue weighted by atomic mass is 9.87. The number of carbonyl (C=O) groups is 3. The van der Waals surface area contributed by atoms with Crippen LogP contribution in [0.2, 0.25) is 0 Å². The van der Waals surface area contributed by atoms with Crippen molar-refractivity contribution in [3.8, 4) is 22.3 Å². The van der Waals surface area contributed by atoms with Crippen LogP contribution in [0.1, 0.15) is 65.8 Å². The van der Waals surface area contributed by atoms with Crippen molar-refractivity contribution in [3.63, 3.8) is 0 Å². The average molecular weight is 504 g/mol. The van der Waals surface area contributed by atoms with Crippen molar-refractivity contribution >= 4 is 17.9 Å². The van der Waals surface area contributed by atoms with Crippen molar-refractivity contribution in [2.24, 2.45) is 5.73 Å². The summed E-state index contributed by atoms with van der Waals surface area (Å²) in [6.45, 7) is 4.08. The summed E-state index contributed by atoms with van der Waals surface area (Å²) in [5.41, 5.74) is 9.12. The second-order valence-electron chi connectivity index (χ2n) is 9.03. The van der Waals surface area contributed by atoms with Gasteiger partial charge < -0.3 is 20.7 Å². The van der Waals surface area contributed by atoms with Crippen LogP contribution in [0.3, 0.4) is 0 Å². The summed E-state index contributed by atoms with van der Waals surface area (Å²) in [6, 6.07) is 17.5. The van der Waals surface area contributed by atoms with Crippen LogP contribution in [-0.2, 0) is 16.0 Å². The first-order valence-electron chi connectivity index (χ1n) is 12.5. The highest BCUT2D eigenvalue weighted by Gasteiger charge is 2.23. The van der Waals surface area contributed by atoms with Gasteiger partial charge in [-0.25, -0.2) is 9.59 Å². The van der Waals surface area contributed by atoms with Gasteiger partial charge in [-0.1, -0.05) is 81.3 Å². The van der Waals surface area contributed by atoms with Crippen LogP contribution in [0.4, 0.5) is 0 Å². The molecule has 0 saturated heterocycles. The lowest BCUT2D eigenvalue weighted by Gasteiger charge is -2.20. The van der Waals surface area contributed by atoms with E-state index in [9.17, 15) is 24.6 Å². The molecule has 0 saturated carbocycles. The first kappa shape index (κ1) is 27.6. The summed E-state index contributed by atoms with van der Waals surface area (Å²) in [5.74, 6) is -2.66. The van der Waals surface area contributed by atoms with Crippen LogP contribution in [0, 0.1) is 0 Å². The quantitative estimate of drug-likeness (QED) is 0.267. The molecular weight excluding hydrogens is 470 g/mol. The van der Waals surface area contributed by atoms with Gasteiger partial charge in [0.1, 0.15) is 12.1 Å². The number of ether oxygens (including phenoxy) is 1. The Balaban J connectivity index is 2.04. The van der Waals surface area contributed by atoms with Crippen LogP contribution in [0.15, 0.2) is 66.7 Å². The number of carboxylic acid groups (broad SMARTS) is 2. The number of rotatable bonds is 12. The lowest BCUT2D eigenvalue weighted by Crippen LogP contribution is -2.36. The summed E-state index contributed by atoms with van der Waals surface area (Å²) in [7, 11) is 0. The van der Waals surface area contributed by atoms with Crippen molar-refractivity contribution in [2.75, 3.05) is 0 Å². The molecule has 0 aliphatic carbocycles. The van der Waals surface area contributed by atoms with E-state index in [0.717, 1.165) is 25.7 Å². The number of hydrogen-bond acceptors (Lipinski definition) is 5. The maximum absolute atomic E-state index is 12.7. The first-order valence-corrected chi connectivity index (χ1v) is 12.5. The molecule has 0 unspecified atom stereocenters. The Morgan fingerprint density at radius 1 is 0.757 bits per heavy atom. The van der Waals surface area contributed by atoms with Crippen molar-refractivity contribution in [3.05, 3.63) is 83.4 Å². The fourth-order valence-electron chi connectivity index (χ4n) is 4.48. The fourth-order valence-corrected chi connectivity index (χ4v) is 4.48. The molecule has 37 heavy (non-hydrogen) atoms. The Morgan fingerprint density at radius 3 is 1.78 bits per heavy atom. The van der Waals surface area contributed by atoms with Crippen molar-refractivity contribution in [1.29, 1.82) is 0 Å². The van der Waals surface area contributed by atoms with Crippen LogP contribution in [0.25, 0.3) is 22.3 Å². The summed E-state index contributed by atoms with van der Waals surface area (Å²) in [5, 5.41) is 19.6. The van der Waals surface area contributed by atoms with Crippen LogP contribution in [-0.4, -0.2) is 40.3 Å². The second-order valence-corrected chi connectivity index (χ2v) is 9.03. The van der Waals surface area contributed by atoms with E-state index in [4.69, 9.17) is 10.5 Å². The molecule has 3 aromatic rings. The molecule has 7 nitrogen and oxygen atoms in total. The van der Waals surface area contributed by atoms with Gasteiger partial charge in [0.05, 0.1) is 11.1 Å². The molecule has 0 aliphatic heterocycles. The Morgan fingerprint density at radius 2 is 1.27 bits per heavy atom. The monoisotopic (exact) mass is 503 g/mol. The van der Waals surface area contributed by atoms with E-state index in [1.165, 1.54) is 12.1 Å². The Kier molecular flexibility index (Phi) is 9.57. The highest BCUT2D eigenvalue weighted by Crippen LogP contribution is 2.37. The molecule has 0 bridgehead atoms.